The third-order valence-electron chi connectivity index (χ3n) is 1.44. The molecule has 1 aromatic rings. The fourth-order valence-corrected chi connectivity index (χ4v) is 1.02. The summed E-state index contributed by atoms with van der Waals surface area (Å²) in [4.78, 5) is 7.64. The van der Waals surface area contributed by atoms with Crippen LogP contribution < -0.4 is 0 Å². The Balaban J connectivity index is 2.80. The summed E-state index contributed by atoms with van der Waals surface area (Å²) in [6, 6.07) is 7.55. The number of thiocarbonyl (C=S) groups is 2. The highest BCUT2D eigenvalue weighted by atomic mass is 32.1. The topological polar surface area (TPSA) is 24.7 Å². The normalized spacial score (nSPS) is 8.31. The Morgan fingerprint density at radius 1 is 1.08 bits per heavy atom. The van der Waals surface area contributed by atoms with Gasteiger partial charge in [-0.25, -0.2) is 4.99 Å². The van der Waals surface area contributed by atoms with E-state index in [0.717, 1.165) is 11.3 Å². The summed E-state index contributed by atoms with van der Waals surface area (Å²) in [7, 11) is 0. The van der Waals surface area contributed by atoms with Gasteiger partial charge in [0.25, 0.3) is 0 Å². The lowest BCUT2D eigenvalue weighted by Gasteiger charge is -1.94. The summed E-state index contributed by atoms with van der Waals surface area (Å²) in [5, 5.41) is 4.61. The maximum atomic E-state index is 4.48. The molecule has 64 valence electrons. The maximum Gasteiger partial charge on any atom is 0.0743 e. The van der Waals surface area contributed by atoms with Crippen LogP contribution in [0.1, 0.15) is 5.56 Å². The number of isothiocyanates is 2. The molecule has 4 heteroatoms. The molecule has 0 aromatic heterocycles. The smallest absolute Gasteiger partial charge is 0.0743 e. The molecule has 13 heavy (non-hydrogen) atoms. The third kappa shape index (κ3) is 3.36. The number of rotatable bonds is 3. The van der Waals surface area contributed by atoms with Crippen molar-refractivity contribution < 1.29 is 0 Å². The Hall–Kier alpha value is -1.18. The van der Waals surface area contributed by atoms with E-state index < -0.39 is 0 Å². The molecule has 0 heterocycles. The monoisotopic (exact) mass is 206 g/mol. The number of nitrogens with zero attached hydrogens (tertiary/aromatic N) is 2. The van der Waals surface area contributed by atoms with Crippen molar-refractivity contribution in [2.24, 2.45) is 9.98 Å². The van der Waals surface area contributed by atoms with Crippen molar-refractivity contribution in [2.75, 3.05) is 0 Å². The summed E-state index contributed by atoms with van der Waals surface area (Å²) < 4.78 is 0. The number of hydrogen-bond donors (Lipinski definition) is 0. The summed E-state index contributed by atoms with van der Waals surface area (Å²) in [6.45, 7) is 0.561. The molecule has 2 nitrogen and oxygen atoms in total. The van der Waals surface area contributed by atoms with Gasteiger partial charge in [-0.05, 0) is 42.1 Å². The van der Waals surface area contributed by atoms with E-state index >= 15 is 0 Å². The van der Waals surface area contributed by atoms with Gasteiger partial charge < -0.3 is 0 Å². The molecule has 0 aliphatic heterocycles. The van der Waals surface area contributed by atoms with Crippen LogP contribution in [0.4, 0.5) is 5.69 Å². The molecule has 0 amide bonds. The van der Waals surface area contributed by atoms with E-state index in [1.807, 2.05) is 24.3 Å². The molecule has 0 aliphatic rings. The van der Waals surface area contributed by atoms with E-state index in [2.05, 4.69) is 44.7 Å². The van der Waals surface area contributed by atoms with Gasteiger partial charge in [-0.1, -0.05) is 12.1 Å². The van der Waals surface area contributed by atoms with E-state index in [1.165, 1.54) is 0 Å². The molecule has 0 N–H and O–H groups in total. The predicted molar refractivity (Wildman–Crippen MR) is 59.9 cm³/mol. The summed E-state index contributed by atoms with van der Waals surface area (Å²) in [6.07, 6.45) is 0. The van der Waals surface area contributed by atoms with E-state index in [9.17, 15) is 0 Å². The lowest BCUT2D eigenvalue weighted by atomic mass is 10.2. The van der Waals surface area contributed by atoms with Crippen molar-refractivity contribution in [3.8, 4) is 0 Å². The van der Waals surface area contributed by atoms with Gasteiger partial charge in [0, 0.05) is 0 Å². The minimum atomic E-state index is 0.561. The number of hydrogen-bond acceptors (Lipinski definition) is 4. The third-order valence-corrected chi connectivity index (χ3v) is 1.66. The number of benzene rings is 1. The first kappa shape index (κ1) is 9.90. The quantitative estimate of drug-likeness (QED) is 0.561. The Bertz CT molecular complexity index is 371. The van der Waals surface area contributed by atoms with Crippen molar-refractivity contribution in [3.63, 3.8) is 0 Å². The molecule has 0 atom stereocenters. The van der Waals surface area contributed by atoms with Gasteiger partial charge in [0.2, 0.25) is 0 Å². The molecule has 1 aromatic carbocycles. The van der Waals surface area contributed by atoms with Gasteiger partial charge in [-0.15, -0.1) is 0 Å². The standard InChI is InChI=1S/C9H6N2S2/c12-6-10-5-8-1-3-9(4-2-8)11-7-13/h1-4H,5H2. The van der Waals surface area contributed by atoms with E-state index in [4.69, 9.17) is 0 Å². The first-order chi connectivity index (χ1) is 6.36. The van der Waals surface area contributed by atoms with Crippen LogP contribution in [0.25, 0.3) is 0 Å². The highest BCUT2D eigenvalue weighted by Crippen LogP contribution is 2.12. The average Bonchev–Trinajstić information content (AvgIpc) is 2.17. The molecule has 0 unspecified atom stereocenters. The number of aliphatic imine (C=N–C) groups is 2. The molecule has 0 radical (unpaired) electrons. The van der Waals surface area contributed by atoms with Crippen LogP contribution in [-0.4, -0.2) is 10.3 Å². The van der Waals surface area contributed by atoms with Crippen molar-refractivity contribution in [1.82, 2.24) is 0 Å². The minimum absolute atomic E-state index is 0.561. The molecular weight excluding hydrogens is 200 g/mol. The zero-order valence-electron chi connectivity index (χ0n) is 6.73. The van der Waals surface area contributed by atoms with Gasteiger partial charge in [0.05, 0.1) is 22.6 Å². The van der Waals surface area contributed by atoms with E-state index in [1.54, 1.807) is 0 Å². The Morgan fingerprint density at radius 2 is 1.77 bits per heavy atom. The second-order valence-corrected chi connectivity index (χ2v) is 2.64. The van der Waals surface area contributed by atoms with Gasteiger partial charge in [0.15, 0.2) is 0 Å². The van der Waals surface area contributed by atoms with Crippen LogP contribution >= 0.6 is 24.4 Å². The average molecular weight is 206 g/mol. The second kappa shape index (κ2) is 5.46. The highest BCUT2D eigenvalue weighted by Gasteiger charge is 1.90. The minimum Gasteiger partial charge on any atom is -0.228 e. The zero-order chi connectivity index (χ0) is 9.52. The van der Waals surface area contributed by atoms with E-state index in [0.29, 0.717) is 6.54 Å². The lowest BCUT2D eigenvalue weighted by Crippen LogP contribution is -1.78. The Morgan fingerprint density at radius 3 is 2.31 bits per heavy atom. The van der Waals surface area contributed by atoms with Crippen molar-refractivity contribution in [2.45, 2.75) is 6.54 Å². The lowest BCUT2D eigenvalue weighted by molar-refractivity contribution is 1.08. The molecule has 0 aliphatic carbocycles. The maximum absolute atomic E-state index is 4.48. The Kier molecular flexibility index (Phi) is 4.16. The first-order valence-corrected chi connectivity index (χ1v) is 4.39. The molecule has 0 fully saturated rings. The molecular formula is C9H6N2S2. The SMILES string of the molecule is S=C=NCc1ccc(N=C=S)cc1. The summed E-state index contributed by atoms with van der Waals surface area (Å²) in [5.41, 5.74) is 1.87. The van der Waals surface area contributed by atoms with Crippen molar-refractivity contribution >= 4 is 40.4 Å². The largest absolute Gasteiger partial charge is 0.228 e. The molecule has 0 saturated heterocycles. The van der Waals surface area contributed by atoms with Gasteiger partial charge >= 0.3 is 0 Å². The Labute approximate surface area is 87.0 Å². The fraction of sp³-hybridized carbons (Fsp3) is 0.111. The van der Waals surface area contributed by atoms with Crippen molar-refractivity contribution in [3.05, 3.63) is 29.8 Å². The summed E-state index contributed by atoms with van der Waals surface area (Å²) >= 11 is 8.94. The molecule has 1 rings (SSSR count). The second-order valence-electron chi connectivity index (χ2n) is 2.28. The van der Waals surface area contributed by atoms with Crippen LogP contribution in [-0.2, 0) is 6.54 Å². The molecule has 0 saturated carbocycles. The van der Waals surface area contributed by atoms with Gasteiger partial charge in [-0.3, -0.25) is 0 Å². The van der Waals surface area contributed by atoms with Crippen LogP contribution in [0.3, 0.4) is 0 Å². The summed E-state index contributed by atoms with van der Waals surface area (Å²) in [5.74, 6) is 0. The fourth-order valence-electron chi connectivity index (χ4n) is 0.852. The van der Waals surface area contributed by atoms with Crippen LogP contribution in [0.2, 0.25) is 0 Å². The molecule has 0 bridgehead atoms. The highest BCUT2D eigenvalue weighted by molar-refractivity contribution is 7.78. The zero-order valence-corrected chi connectivity index (χ0v) is 8.36. The van der Waals surface area contributed by atoms with Crippen molar-refractivity contribution in [1.29, 1.82) is 0 Å². The predicted octanol–water partition coefficient (Wildman–Crippen LogP) is 3.02. The van der Waals surface area contributed by atoms with Gasteiger partial charge in [-0.2, -0.15) is 4.99 Å². The van der Waals surface area contributed by atoms with Crippen LogP contribution in [0.5, 0.6) is 0 Å². The van der Waals surface area contributed by atoms with Crippen LogP contribution in [0.15, 0.2) is 34.3 Å². The van der Waals surface area contributed by atoms with Crippen LogP contribution in [0, 0.1) is 0 Å². The van der Waals surface area contributed by atoms with E-state index in [-0.39, 0.29) is 0 Å². The molecule has 0 spiro atoms. The first-order valence-electron chi connectivity index (χ1n) is 3.57. The van der Waals surface area contributed by atoms with Gasteiger partial charge in [0.1, 0.15) is 0 Å².